The molecule has 1 aliphatic rings. The van der Waals surface area contributed by atoms with Crippen LogP contribution in [-0.4, -0.2) is 18.2 Å². The average molecular weight is 122 g/mol. The third-order valence-corrected chi connectivity index (χ3v) is 0.813. The largest absolute Gasteiger partial charge is 0.295 e. The fraction of sp³-hybridized carbons (Fsp3) is 0.167. The Morgan fingerprint density at radius 3 is 2.56 bits per heavy atom. The lowest BCUT2D eigenvalue weighted by molar-refractivity contribution is -0.112. The van der Waals surface area contributed by atoms with Gasteiger partial charge in [-0.15, -0.1) is 0 Å². The molecule has 0 amide bonds. The Labute approximate surface area is 52.8 Å². The molecule has 0 radical (unpaired) electrons. The number of aliphatic imine (C=N–C) groups is 2. The van der Waals surface area contributed by atoms with Crippen molar-refractivity contribution in [2.75, 3.05) is 0 Å². The predicted molar refractivity (Wildman–Crippen MR) is 35.7 cm³/mol. The summed E-state index contributed by atoms with van der Waals surface area (Å²) in [6.45, 7) is 1.47. The lowest BCUT2D eigenvalue weighted by Gasteiger charge is -1.81. The maximum absolute atomic E-state index is 10.4. The van der Waals surface area contributed by atoms with E-state index >= 15 is 0 Å². The van der Waals surface area contributed by atoms with Crippen molar-refractivity contribution < 1.29 is 4.79 Å². The second-order valence-electron chi connectivity index (χ2n) is 1.67. The highest BCUT2D eigenvalue weighted by atomic mass is 16.1. The van der Waals surface area contributed by atoms with E-state index in [9.17, 15) is 4.79 Å². The standard InChI is InChI=1S/C6H6N2O/c1-5(9)4-6-7-2-3-8-6/h2-4H,1H3. The number of rotatable bonds is 1. The molecule has 0 saturated carbocycles. The molecule has 1 aliphatic heterocycles. The van der Waals surface area contributed by atoms with Crippen LogP contribution in [0.25, 0.3) is 0 Å². The minimum absolute atomic E-state index is 0.0267. The average Bonchev–Trinajstić information content (AvgIpc) is 2.15. The van der Waals surface area contributed by atoms with Gasteiger partial charge >= 0.3 is 0 Å². The van der Waals surface area contributed by atoms with Crippen LogP contribution in [0, 0.1) is 0 Å². The summed E-state index contributed by atoms with van der Waals surface area (Å²) in [5.41, 5.74) is 0. The van der Waals surface area contributed by atoms with Crippen molar-refractivity contribution in [3.8, 4) is 0 Å². The Kier molecular flexibility index (Phi) is 1.53. The van der Waals surface area contributed by atoms with Crippen LogP contribution in [0.5, 0.6) is 0 Å². The van der Waals surface area contributed by atoms with Crippen molar-refractivity contribution >= 4 is 18.2 Å². The van der Waals surface area contributed by atoms with E-state index < -0.39 is 0 Å². The van der Waals surface area contributed by atoms with Crippen molar-refractivity contribution in [2.24, 2.45) is 9.98 Å². The highest BCUT2D eigenvalue weighted by Gasteiger charge is 1.94. The lowest BCUT2D eigenvalue weighted by atomic mass is 10.4. The Morgan fingerprint density at radius 2 is 2.11 bits per heavy atom. The van der Waals surface area contributed by atoms with Crippen LogP contribution in [0.3, 0.4) is 0 Å². The first-order valence-electron chi connectivity index (χ1n) is 2.58. The van der Waals surface area contributed by atoms with Crippen LogP contribution in [0.4, 0.5) is 0 Å². The number of carbonyl (C=O) groups is 1. The molecule has 0 aromatic heterocycles. The van der Waals surface area contributed by atoms with E-state index in [0.29, 0.717) is 5.82 Å². The van der Waals surface area contributed by atoms with E-state index in [1.807, 2.05) is 0 Å². The zero-order valence-corrected chi connectivity index (χ0v) is 5.03. The maximum Gasteiger partial charge on any atom is 0.156 e. The van der Waals surface area contributed by atoms with E-state index in [-0.39, 0.29) is 5.78 Å². The first-order valence-corrected chi connectivity index (χ1v) is 2.58. The van der Waals surface area contributed by atoms with Gasteiger partial charge in [-0.1, -0.05) is 0 Å². The van der Waals surface area contributed by atoms with E-state index in [2.05, 4.69) is 9.98 Å². The normalized spacial score (nSPS) is 14.6. The molecule has 0 saturated heterocycles. The maximum atomic E-state index is 10.4. The lowest BCUT2D eigenvalue weighted by Crippen LogP contribution is -1.81. The molecule has 0 aliphatic carbocycles. The van der Waals surface area contributed by atoms with E-state index in [0.717, 1.165) is 0 Å². The van der Waals surface area contributed by atoms with Crippen LogP contribution in [-0.2, 0) is 4.79 Å². The van der Waals surface area contributed by atoms with Crippen molar-refractivity contribution in [2.45, 2.75) is 6.92 Å². The smallest absolute Gasteiger partial charge is 0.156 e. The van der Waals surface area contributed by atoms with E-state index in [4.69, 9.17) is 0 Å². The second kappa shape index (κ2) is 2.35. The second-order valence-corrected chi connectivity index (χ2v) is 1.67. The zero-order valence-electron chi connectivity index (χ0n) is 5.03. The summed E-state index contributed by atoms with van der Waals surface area (Å²) in [7, 11) is 0. The minimum atomic E-state index is -0.0267. The van der Waals surface area contributed by atoms with Gasteiger partial charge in [0, 0.05) is 18.5 Å². The van der Waals surface area contributed by atoms with Crippen LogP contribution in [0.15, 0.2) is 21.9 Å². The molecular formula is C6H6N2O. The first kappa shape index (κ1) is 5.88. The third kappa shape index (κ3) is 1.60. The highest BCUT2D eigenvalue weighted by molar-refractivity contribution is 6.18. The molecule has 0 atom stereocenters. The SMILES string of the molecule is CC(=O)C=C1N=CC=N1. The number of hydrogen-bond donors (Lipinski definition) is 0. The van der Waals surface area contributed by atoms with Crippen LogP contribution < -0.4 is 0 Å². The summed E-state index contributed by atoms with van der Waals surface area (Å²) in [6.07, 6.45) is 4.49. The molecule has 1 rings (SSSR count). The Hall–Kier alpha value is -1.25. The quantitative estimate of drug-likeness (QED) is 0.469. The number of allylic oxidation sites excluding steroid dienone is 1. The fourth-order valence-corrected chi connectivity index (χ4v) is 0.509. The van der Waals surface area contributed by atoms with Gasteiger partial charge < -0.3 is 0 Å². The third-order valence-electron chi connectivity index (χ3n) is 0.813. The molecule has 1 heterocycles. The number of nitrogens with zero attached hydrogens (tertiary/aromatic N) is 2. The van der Waals surface area contributed by atoms with Gasteiger partial charge in [-0.25, -0.2) is 9.98 Å². The molecule has 3 heteroatoms. The molecule has 46 valence electrons. The number of ketones is 1. The summed E-state index contributed by atoms with van der Waals surface area (Å²) in [4.78, 5) is 17.9. The molecule has 0 aromatic rings. The molecule has 0 N–H and O–H groups in total. The topological polar surface area (TPSA) is 41.8 Å². The summed E-state index contributed by atoms with van der Waals surface area (Å²) >= 11 is 0. The Bertz CT molecular complexity index is 199. The fourth-order valence-electron chi connectivity index (χ4n) is 0.509. The van der Waals surface area contributed by atoms with Crippen LogP contribution in [0.2, 0.25) is 0 Å². The van der Waals surface area contributed by atoms with Gasteiger partial charge in [-0.2, -0.15) is 0 Å². The van der Waals surface area contributed by atoms with E-state index in [1.165, 1.54) is 13.0 Å². The predicted octanol–water partition coefficient (Wildman–Crippen LogP) is 0.572. The number of hydrogen-bond acceptors (Lipinski definition) is 3. The zero-order chi connectivity index (χ0) is 6.69. The molecule has 9 heavy (non-hydrogen) atoms. The van der Waals surface area contributed by atoms with Crippen molar-refractivity contribution in [3.05, 3.63) is 11.9 Å². The van der Waals surface area contributed by atoms with Gasteiger partial charge in [-0.05, 0) is 6.92 Å². The number of carbonyl (C=O) groups excluding carboxylic acids is 1. The Balaban J connectivity index is 2.73. The summed E-state index contributed by atoms with van der Waals surface area (Å²) in [5.74, 6) is 0.462. The van der Waals surface area contributed by atoms with E-state index in [1.54, 1.807) is 12.4 Å². The van der Waals surface area contributed by atoms with Gasteiger partial charge in [-0.3, -0.25) is 4.79 Å². The van der Waals surface area contributed by atoms with Gasteiger partial charge in [0.05, 0.1) is 0 Å². The molecule has 0 aromatic carbocycles. The Morgan fingerprint density at radius 1 is 1.56 bits per heavy atom. The molecule has 3 nitrogen and oxygen atoms in total. The van der Waals surface area contributed by atoms with Crippen LogP contribution >= 0.6 is 0 Å². The van der Waals surface area contributed by atoms with Crippen molar-refractivity contribution in [1.29, 1.82) is 0 Å². The van der Waals surface area contributed by atoms with Crippen molar-refractivity contribution in [1.82, 2.24) is 0 Å². The monoisotopic (exact) mass is 122 g/mol. The van der Waals surface area contributed by atoms with Gasteiger partial charge in [0.2, 0.25) is 0 Å². The van der Waals surface area contributed by atoms with Crippen LogP contribution in [0.1, 0.15) is 6.92 Å². The van der Waals surface area contributed by atoms with Gasteiger partial charge in [0.1, 0.15) is 0 Å². The summed E-state index contributed by atoms with van der Waals surface area (Å²) < 4.78 is 0. The van der Waals surface area contributed by atoms with Crippen molar-refractivity contribution in [3.63, 3.8) is 0 Å². The molecule has 0 spiro atoms. The molecular weight excluding hydrogens is 116 g/mol. The molecule has 0 unspecified atom stereocenters. The molecule has 0 bridgehead atoms. The first-order chi connectivity index (χ1) is 4.29. The highest BCUT2D eigenvalue weighted by Crippen LogP contribution is 2.00. The van der Waals surface area contributed by atoms with Gasteiger partial charge in [0.15, 0.2) is 11.6 Å². The molecule has 0 fully saturated rings. The minimum Gasteiger partial charge on any atom is -0.295 e. The summed E-state index contributed by atoms with van der Waals surface area (Å²) in [6, 6.07) is 0. The summed E-state index contributed by atoms with van der Waals surface area (Å²) in [5, 5.41) is 0. The van der Waals surface area contributed by atoms with Gasteiger partial charge in [0.25, 0.3) is 0 Å².